The minimum atomic E-state index is -1.17. The van der Waals surface area contributed by atoms with Crippen molar-refractivity contribution in [2.45, 2.75) is 40.3 Å². The van der Waals surface area contributed by atoms with Crippen molar-refractivity contribution in [1.29, 1.82) is 0 Å². The van der Waals surface area contributed by atoms with Crippen molar-refractivity contribution < 1.29 is 18.7 Å². The first-order chi connectivity index (χ1) is 23.6. The lowest BCUT2D eigenvalue weighted by atomic mass is 9.90. The zero-order chi connectivity index (χ0) is 34.7. The number of anilines is 3. The van der Waals surface area contributed by atoms with E-state index in [9.17, 15) is 14.4 Å². The molecule has 0 spiro atoms. The zero-order valence-electron chi connectivity index (χ0n) is 28.4. The fraction of sp³-hybridized carbons (Fsp3) is 0.316. The molecule has 0 unspecified atom stereocenters. The highest BCUT2D eigenvalue weighted by atomic mass is 16.5. The Bertz CT molecular complexity index is 2040. The first-order valence-corrected chi connectivity index (χ1v) is 16.5. The van der Waals surface area contributed by atoms with Crippen LogP contribution in [0.25, 0.3) is 22.3 Å². The minimum absolute atomic E-state index is 0.109. The van der Waals surface area contributed by atoms with Gasteiger partial charge in [-0.15, -0.1) is 0 Å². The van der Waals surface area contributed by atoms with E-state index in [1.807, 2.05) is 67.6 Å². The lowest BCUT2D eigenvalue weighted by molar-refractivity contribution is -0.137. The molecule has 1 aliphatic rings. The number of rotatable bonds is 12. The summed E-state index contributed by atoms with van der Waals surface area (Å²) in [7, 11) is 1.70. The molecular formula is C38H42N6O5. The van der Waals surface area contributed by atoms with Crippen molar-refractivity contribution in [3.63, 3.8) is 0 Å². The third kappa shape index (κ3) is 6.93. The van der Waals surface area contributed by atoms with Gasteiger partial charge in [0.1, 0.15) is 22.5 Å². The van der Waals surface area contributed by atoms with Crippen LogP contribution in [-0.2, 0) is 22.7 Å². The topological polar surface area (TPSA) is 127 Å². The largest absolute Gasteiger partial charge is 0.493 e. The molecule has 0 saturated heterocycles. The molecule has 11 heteroatoms. The van der Waals surface area contributed by atoms with Gasteiger partial charge in [-0.3, -0.25) is 24.3 Å². The van der Waals surface area contributed by atoms with Crippen LogP contribution in [0.15, 0.2) is 94.5 Å². The maximum absolute atomic E-state index is 13.5. The van der Waals surface area contributed by atoms with E-state index in [-0.39, 0.29) is 17.4 Å². The molecule has 0 saturated carbocycles. The molecule has 11 nitrogen and oxygen atoms in total. The Morgan fingerprint density at radius 3 is 2.49 bits per heavy atom. The predicted octanol–water partition coefficient (Wildman–Crippen LogP) is 5.57. The lowest BCUT2D eigenvalue weighted by Gasteiger charge is -2.27. The van der Waals surface area contributed by atoms with Crippen LogP contribution in [0.5, 0.6) is 5.75 Å². The second-order valence-electron chi connectivity index (χ2n) is 12.9. The van der Waals surface area contributed by atoms with E-state index in [1.165, 1.54) is 0 Å². The molecule has 49 heavy (non-hydrogen) atoms. The quantitative estimate of drug-likeness (QED) is 0.104. The van der Waals surface area contributed by atoms with Crippen LogP contribution in [-0.4, -0.2) is 59.6 Å². The molecular weight excluding hydrogens is 620 g/mol. The Morgan fingerprint density at radius 1 is 0.939 bits per heavy atom. The molecule has 254 valence electrons. The summed E-state index contributed by atoms with van der Waals surface area (Å²) in [5.41, 5.74) is 9.11. The Morgan fingerprint density at radius 2 is 1.73 bits per heavy atom. The SMILES string of the molecule is CCN1C(=O)C(C)(C)C(=O)N(C)c2cc(OCCCN(CCn3ccc4oc(-c5cccc(N)c5)cc4c3=O)Cc3ccncc3)ccc21. The lowest BCUT2D eigenvalue weighted by Crippen LogP contribution is -2.47. The number of ether oxygens (including phenoxy) is 1. The summed E-state index contributed by atoms with van der Waals surface area (Å²) in [6.07, 6.45) is 6.06. The van der Waals surface area contributed by atoms with Crippen molar-refractivity contribution in [2.75, 3.05) is 48.8 Å². The van der Waals surface area contributed by atoms with Crippen LogP contribution in [0.4, 0.5) is 17.1 Å². The average Bonchev–Trinajstić information content (AvgIpc) is 3.54. The van der Waals surface area contributed by atoms with E-state index in [0.29, 0.717) is 72.3 Å². The summed E-state index contributed by atoms with van der Waals surface area (Å²) >= 11 is 0. The Labute approximate surface area is 285 Å². The molecule has 0 radical (unpaired) electrons. The average molecular weight is 663 g/mol. The molecule has 1 aliphatic heterocycles. The summed E-state index contributed by atoms with van der Waals surface area (Å²) in [5, 5.41) is 0.525. The first kappa shape index (κ1) is 33.5. The van der Waals surface area contributed by atoms with E-state index >= 15 is 0 Å². The zero-order valence-corrected chi connectivity index (χ0v) is 28.4. The second kappa shape index (κ2) is 14.0. The third-order valence-electron chi connectivity index (χ3n) is 9.06. The van der Waals surface area contributed by atoms with Crippen LogP contribution < -0.4 is 25.8 Å². The van der Waals surface area contributed by atoms with Gasteiger partial charge in [-0.25, -0.2) is 0 Å². The van der Waals surface area contributed by atoms with Crippen molar-refractivity contribution in [3.8, 4) is 17.1 Å². The number of nitrogen functional groups attached to an aromatic ring is 1. The number of nitrogens with zero attached hydrogens (tertiary/aromatic N) is 5. The van der Waals surface area contributed by atoms with Gasteiger partial charge in [0, 0.05) is 75.7 Å². The predicted molar refractivity (Wildman–Crippen MR) is 192 cm³/mol. The van der Waals surface area contributed by atoms with Crippen LogP contribution in [0.3, 0.4) is 0 Å². The summed E-state index contributed by atoms with van der Waals surface area (Å²) in [6.45, 7) is 8.68. The van der Waals surface area contributed by atoms with Gasteiger partial charge in [0.25, 0.3) is 5.56 Å². The normalized spacial score (nSPS) is 14.4. The van der Waals surface area contributed by atoms with E-state index < -0.39 is 5.41 Å². The second-order valence-corrected chi connectivity index (χ2v) is 12.9. The number of hydrogen-bond donors (Lipinski definition) is 1. The molecule has 2 aromatic carbocycles. The van der Waals surface area contributed by atoms with E-state index in [4.69, 9.17) is 14.9 Å². The number of furan rings is 1. The molecule has 0 atom stereocenters. The molecule has 3 aromatic heterocycles. The number of nitrogens with two attached hydrogens (primary N) is 1. The molecule has 0 bridgehead atoms. The number of fused-ring (bicyclic) bond motifs is 2. The van der Waals surface area contributed by atoms with Gasteiger partial charge in [0.05, 0.1) is 23.4 Å². The van der Waals surface area contributed by atoms with E-state index in [2.05, 4.69) is 9.88 Å². The van der Waals surface area contributed by atoms with Gasteiger partial charge in [0.2, 0.25) is 11.8 Å². The Balaban J connectivity index is 1.13. The fourth-order valence-electron chi connectivity index (χ4n) is 6.30. The standard InChI is InChI=1S/C38H42N6O5/c1-5-44-31-11-10-29(23-32(31)41(4)36(46)38(2,3)37(44)47)48-21-7-17-42(25-26-12-15-40-16-13-26)19-20-43-18-14-33-30(35(43)45)24-34(49-33)27-8-6-9-28(39)22-27/h6,8-16,18,22-24H,5,7,17,19-21,25,39H2,1-4H3. The summed E-state index contributed by atoms with van der Waals surface area (Å²) in [6, 6.07) is 20.5. The molecule has 5 aromatic rings. The van der Waals surface area contributed by atoms with Crippen LogP contribution in [0.1, 0.15) is 32.8 Å². The number of amides is 2. The van der Waals surface area contributed by atoms with Crippen molar-refractivity contribution in [1.82, 2.24) is 14.5 Å². The number of aromatic nitrogens is 2. The molecule has 2 amide bonds. The smallest absolute Gasteiger partial charge is 0.261 e. The number of hydrogen-bond acceptors (Lipinski definition) is 8. The molecule has 6 rings (SSSR count). The Hall–Kier alpha value is -5.42. The van der Waals surface area contributed by atoms with Crippen molar-refractivity contribution >= 4 is 39.8 Å². The number of carbonyl (C=O) groups is 2. The summed E-state index contributed by atoms with van der Waals surface area (Å²) < 4.78 is 13.9. The monoisotopic (exact) mass is 662 g/mol. The number of pyridine rings is 2. The van der Waals surface area contributed by atoms with Gasteiger partial charge in [-0.1, -0.05) is 12.1 Å². The highest BCUT2D eigenvalue weighted by Gasteiger charge is 2.45. The highest BCUT2D eigenvalue weighted by molar-refractivity contribution is 6.20. The number of carbonyl (C=O) groups excluding carboxylic acids is 2. The molecule has 0 fully saturated rings. The van der Waals surface area contributed by atoms with Gasteiger partial charge >= 0.3 is 0 Å². The number of benzene rings is 2. The maximum Gasteiger partial charge on any atom is 0.261 e. The Kier molecular flexibility index (Phi) is 9.55. The van der Waals surface area contributed by atoms with Crippen molar-refractivity contribution in [3.05, 3.63) is 101 Å². The molecule has 0 aliphatic carbocycles. The molecule has 4 heterocycles. The minimum Gasteiger partial charge on any atom is -0.493 e. The third-order valence-corrected chi connectivity index (χ3v) is 9.06. The van der Waals surface area contributed by atoms with Gasteiger partial charge < -0.3 is 29.3 Å². The van der Waals surface area contributed by atoms with Crippen LogP contribution in [0, 0.1) is 5.41 Å². The van der Waals surface area contributed by atoms with E-state index in [0.717, 1.165) is 24.1 Å². The van der Waals surface area contributed by atoms with Crippen LogP contribution >= 0.6 is 0 Å². The van der Waals surface area contributed by atoms with Crippen molar-refractivity contribution in [2.24, 2.45) is 5.41 Å². The van der Waals surface area contributed by atoms with Gasteiger partial charge in [-0.05, 0) is 81.3 Å². The summed E-state index contributed by atoms with van der Waals surface area (Å²) in [5.74, 6) is 0.749. The molecule has 2 N–H and O–H groups in total. The first-order valence-electron chi connectivity index (χ1n) is 16.5. The van der Waals surface area contributed by atoms with Crippen LogP contribution in [0.2, 0.25) is 0 Å². The van der Waals surface area contributed by atoms with E-state index in [1.54, 1.807) is 59.9 Å². The summed E-state index contributed by atoms with van der Waals surface area (Å²) in [4.78, 5) is 49.5. The highest BCUT2D eigenvalue weighted by Crippen LogP contribution is 2.40. The van der Waals surface area contributed by atoms with Gasteiger partial charge in [0.15, 0.2) is 0 Å². The van der Waals surface area contributed by atoms with Gasteiger partial charge in [-0.2, -0.15) is 0 Å². The fourth-order valence-corrected chi connectivity index (χ4v) is 6.30. The maximum atomic E-state index is 13.5.